The van der Waals surface area contributed by atoms with Gasteiger partial charge >= 0.3 is 0 Å². The number of hydrogen-bond acceptors (Lipinski definition) is 6. The summed E-state index contributed by atoms with van der Waals surface area (Å²) in [7, 11) is 7.49. The Morgan fingerprint density at radius 2 is 1.70 bits per heavy atom. The Kier molecular flexibility index (Phi) is 8.15. The van der Waals surface area contributed by atoms with Crippen LogP contribution in [0.15, 0.2) is 55.3 Å². The lowest BCUT2D eigenvalue weighted by atomic mass is 9.67. The van der Waals surface area contributed by atoms with Gasteiger partial charge in [-0.2, -0.15) is 5.26 Å². The van der Waals surface area contributed by atoms with Gasteiger partial charge < -0.3 is 25.8 Å². The Morgan fingerprint density at radius 3 is 2.26 bits per heavy atom. The third-order valence-electron chi connectivity index (χ3n) is 9.67. The standard InChI is InChI=1S/C35H45N7O/c1-21(39-20-22(2)42-29(19-36)16-28-17-32(28)42)18-35(34(37)38)30-12-10-24(23(3)40(4)5)14-25(30)8-9-26-15-27(11-13-31(26)35)33(43)41(6)7/h10-15,21,28-29,32,39H,2-3,8-9,16-18,20H2,1,4-7H3,(H3,37,38)/t21-,28+,29?,32-,35?/m0/s1. The third-order valence-corrected chi connectivity index (χ3v) is 9.67. The van der Waals surface area contributed by atoms with E-state index in [4.69, 9.17) is 11.1 Å². The van der Waals surface area contributed by atoms with Crippen LogP contribution in [0.25, 0.3) is 5.70 Å². The van der Waals surface area contributed by atoms with E-state index in [1.54, 1.807) is 19.0 Å². The highest BCUT2D eigenvalue weighted by Crippen LogP contribution is 2.49. The van der Waals surface area contributed by atoms with E-state index in [-0.39, 0.29) is 23.8 Å². The van der Waals surface area contributed by atoms with Crippen LogP contribution in [-0.2, 0) is 18.3 Å². The zero-order valence-electron chi connectivity index (χ0n) is 26.2. The molecule has 1 aliphatic heterocycles. The molecule has 2 fully saturated rings. The summed E-state index contributed by atoms with van der Waals surface area (Å²) in [5.41, 5.74) is 13.5. The van der Waals surface area contributed by atoms with Crippen molar-refractivity contribution in [1.29, 1.82) is 10.7 Å². The number of rotatable bonds is 10. The molecule has 1 saturated heterocycles. The summed E-state index contributed by atoms with van der Waals surface area (Å²) < 4.78 is 0. The van der Waals surface area contributed by atoms with Crippen LogP contribution in [0.4, 0.5) is 0 Å². The summed E-state index contributed by atoms with van der Waals surface area (Å²) in [6.45, 7) is 11.3. The average molecular weight is 580 g/mol. The molecule has 226 valence electrons. The first-order valence-corrected chi connectivity index (χ1v) is 15.2. The topological polar surface area (TPSA) is 112 Å². The summed E-state index contributed by atoms with van der Waals surface area (Å²) in [4.78, 5) is 18.7. The third kappa shape index (κ3) is 5.43. The van der Waals surface area contributed by atoms with Crippen LogP contribution in [-0.4, -0.2) is 79.3 Å². The number of hydrogen-bond donors (Lipinski definition) is 3. The van der Waals surface area contributed by atoms with Crippen LogP contribution < -0.4 is 11.1 Å². The molecule has 2 unspecified atom stereocenters. The van der Waals surface area contributed by atoms with Gasteiger partial charge in [0, 0.05) is 63.8 Å². The summed E-state index contributed by atoms with van der Waals surface area (Å²) in [6.07, 6.45) is 4.12. The van der Waals surface area contributed by atoms with E-state index in [0.29, 0.717) is 30.5 Å². The number of carbonyl (C=O) groups excluding carboxylic acids is 1. The SMILES string of the molecule is C=C(c1ccc2c(c1)CCc1cc(C(=O)N(C)C)ccc1C2(C[C@H](C)NCC(=C)N1C(C#N)C[C@@H]2C[C@@H]21)C(=N)N)N(C)C. The van der Waals surface area contributed by atoms with Gasteiger partial charge in [0.1, 0.15) is 11.9 Å². The van der Waals surface area contributed by atoms with Crippen LogP contribution in [0.2, 0.25) is 0 Å². The molecular weight excluding hydrogens is 534 g/mol. The first-order valence-electron chi connectivity index (χ1n) is 15.2. The van der Waals surface area contributed by atoms with E-state index in [1.807, 2.05) is 37.2 Å². The molecule has 5 rings (SSSR count). The van der Waals surface area contributed by atoms with E-state index < -0.39 is 5.41 Å². The lowest BCUT2D eigenvalue weighted by Gasteiger charge is -2.38. The van der Waals surface area contributed by atoms with Crippen molar-refractivity contribution >= 4 is 17.4 Å². The van der Waals surface area contributed by atoms with Crippen LogP contribution in [0.5, 0.6) is 0 Å². The Hall–Kier alpha value is -4.09. The van der Waals surface area contributed by atoms with Crippen molar-refractivity contribution in [2.45, 2.75) is 62.6 Å². The average Bonchev–Trinajstić information content (AvgIpc) is 3.67. The van der Waals surface area contributed by atoms with Crippen LogP contribution in [0, 0.1) is 22.7 Å². The number of aryl methyl sites for hydroxylation is 2. The number of nitrogens with zero attached hydrogens (tertiary/aromatic N) is 4. The van der Waals surface area contributed by atoms with Crippen molar-refractivity contribution in [2.24, 2.45) is 11.7 Å². The molecule has 3 aliphatic rings. The van der Waals surface area contributed by atoms with E-state index in [0.717, 1.165) is 64.9 Å². The quantitative estimate of drug-likeness (QED) is 0.289. The maximum atomic E-state index is 12.9. The molecule has 0 aromatic heterocycles. The van der Waals surface area contributed by atoms with Crippen LogP contribution in [0.3, 0.4) is 0 Å². The minimum atomic E-state index is -0.892. The molecule has 4 N–H and O–H groups in total. The molecule has 0 bridgehead atoms. The molecule has 2 aliphatic carbocycles. The second-order valence-electron chi connectivity index (χ2n) is 13.0. The second-order valence-corrected chi connectivity index (χ2v) is 13.0. The first kappa shape index (κ1) is 30.4. The van der Waals surface area contributed by atoms with Gasteiger partial charge in [0.2, 0.25) is 0 Å². The molecule has 2 aromatic carbocycles. The highest BCUT2D eigenvalue weighted by Gasteiger charge is 2.52. The maximum Gasteiger partial charge on any atom is 0.253 e. The number of amidine groups is 1. The lowest BCUT2D eigenvalue weighted by molar-refractivity contribution is 0.0827. The van der Waals surface area contributed by atoms with E-state index in [2.05, 4.69) is 54.6 Å². The van der Waals surface area contributed by atoms with E-state index >= 15 is 0 Å². The number of piperidine rings is 1. The summed E-state index contributed by atoms with van der Waals surface area (Å²) >= 11 is 0. The molecule has 8 heteroatoms. The lowest BCUT2D eigenvalue weighted by Crippen LogP contribution is -2.48. The normalized spacial score (nSPS) is 24.0. The predicted octanol–water partition coefficient (Wildman–Crippen LogP) is 4.11. The molecule has 1 saturated carbocycles. The predicted molar refractivity (Wildman–Crippen MR) is 173 cm³/mol. The summed E-state index contributed by atoms with van der Waals surface area (Å²) in [5, 5.41) is 22.5. The highest BCUT2D eigenvalue weighted by atomic mass is 16.2. The van der Waals surface area contributed by atoms with Crippen molar-refractivity contribution in [2.75, 3.05) is 34.7 Å². The minimum absolute atomic E-state index is 0.0305. The Balaban J connectivity index is 1.52. The van der Waals surface area contributed by atoms with Crippen molar-refractivity contribution in [3.05, 3.63) is 88.6 Å². The number of nitrogens with one attached hydrogen (secondary N) is 2. The van der Waals surface area contributed by atoms with Gasteiger partial charge in [-0.25, -0.2) is 0 Å². The summed E-state index contributed by atoms with van der Waals surface area (Å²) in [5.74, 6) is 0.656. The molecule has 2 aromatic rings. The van der Waals surface area contributed by atoms with Gasteiger partial charge in [-0.1, -0.05) is 31.4 Å². The Labute approximate surface area is 256 Å². The number of nitriles is 1. The molecule has 0 spiro atoms. The monoisotopic (exact) mass is 579 g/mol. The smallest absolute Gasteiger partial charge is 0.253 e. The van der Waals surface area contributed by atoms with Gasteiger partial charge in [0.05, 0.1) is 11.5 Å². The molecule has 5 atom stereocenters. The van der Waals surface area contributed by atoms with E-state index in [9.17, 15) is 10.1 Å². The zero-order valence-corrected chi connectivity index (χ0v) is 26.2. The molecule has 1 heterocycles. The number of carbonyl (C=O) groups is 1. The molecule has 8 nitrogen and oxygen atoms in total. The number of fused-ring (bicyclic) bond motifs is 3. The fourth-order valence-corrected chi connectivity index (χ4v) is 7.24. The van der Waals surface area contributed by atoms with Gasteiger partial charge in [0.15, 0.2) is 0 Å². The fraction of sp³-hybridized carbons (Fsp3) is 0.457. The van der Waals surface area contributed by atoms with Gasteiger partial charge in [0.25, 0.3) is 5.91 Å². The molecular formula is C35H45N7O. The minimum Gasteiger partial charge on any atom is -0.387 e. The fourth-order valence-electron chi connectivity index (χ4n) is 7.24. The summed E-state index contributed by atoms with van der Waals surface area (Å²) in [6, 6.07) is 15.0. The van der Waals surface area contributed by atoms with Crippen molar-refractivity contribution < 1.29 is 4.79 Å². The maximum absolute atomic E-state index is 12.9. The molecule has 0 radical (unpaired) electrons. The number of nitrogens with two attached hydrogens (primary N) is 1. The van der Waals surface area contributed by atoms with E-state index in [1.165, 1.54) is 0 Å². The number of benzene rings is 2. The molecule has 43 heavy (non-hydrogen) atoms. The Morgan fingerprint density at radius 1 is 1.09 bits per heavy atom. The van der Waals surface area contributed by atoms with Crippen molar-refractivity contribution in [3.8, 4) is 6.07 Å². The number of amides is 1. The largest absolute Gasteiger partial charge is 0.387 e. The second kappa shape index (κ2) is 11.5. The van der Waals surface area contributed by atoms with Crippen LogP contribution >= 0.6 is 0 Å². The first-order chi connectivity index (χ1) is 20.4. The van der Waals surface area contributed by atoms with Gasteiger partial charge in [-0.05, 0) is 91.0 Å². The van der Waals surface area contributed by atoms with Crippen molar-refractivity contribution in [1.82, 2.24) is 20.0 Å². The highest BCUT2D eigenvalue weighted by molar-refractivity contribution is 5.97. The van der Waals surface area contributed by atoms with Gasteiger partial charge in [-0.15, -0.1) is 0 Å². The van der Waals surface area contributed by atoms with Gasteiger partial charge in [-0.3, -0.25) is 10.2 Å². The molecule has 1 amide bonds. The Bertz CT molecular complexity index is 1450. The number of likely N-dealkylation sites (tertiary alicyclic amines) is 1. The van der Waals surface area contributed by atoms with Crippen LogP contribution in [0.1, 0.15) is 64.4 Å². The zero-order chi connectivity index (χ0) is 31.2. The van der Waals surface area contributed by atoms with Crippen molar-refractivity contribution in [3.63, 3.8) is 0 Å².